The van der Waals surface area contributed by atoms with Crippen molar-refractivity contribution in [1.82, 2.24) is 25.4 Å². The maximum atomic E-state index is 13.5. The van der Waals surface area contributed by atoms with E-state index >= 15 is 0 Å². The van der Waals surface area contributed by atoms with Gasteiger partial charge in [0.1, 0.15) is 11.4 Å². The van der Waals surface area contributed by atoms with Crippen LogP contribution in [0, 0.1) is 24.5 Å². The Balaban J connectivity index is 1.28. The number of nitrogens with zero attached hydrogens (tertiary/aromatic N) is 5. The molecular weight excluding hydrogens is 384 g/mol. The molecule has 2 fully saturated rings. The minimum atomic E-state index is -0.958. The third-order valence-electron chi connectivity index (χ3n) is 5.86. The van der Waals surface area contributed by atoms with Crippen molar-refractivity contribution in [3.8, 4) is 11.4 Å². The van der Waals surface area contributed by atoms with Crippen LogP contribution in [0.4, 0.5) is 8.78 Å². The Morgan fingerprint density at radius 2 is 2.07 bits per heavy atom. The highest BCUT2D eigenvalue weighted by Crippen LogP contribution is 2.47. The van der Waals surface area contributed by atoms with Crippen LogP contribution in [-0.2, 0) is 11.2 Å². The van der Waals surface area contributed by atoms with Crippen LogP contribution in [0.2, 0.25) is 0 Å². The highest BCUT2D eigenvalue weighted by Gasteiger charge is 2.49. The van der Waals surface area contributed by atoms with Gasteiger partial charge in [0.25, 0.3) is 0 Å². The van der Waals surface area contributed by atoms with Gasteiger partial charge in [-0.3, -0.25) is 4.79 Å². The molecule has 2 bridgehead atoms. The molecule has 3 aromatic rings. The lowest BCUT2D eigenvalue weighted by Crippen LogP contribution is -2.40. The topological polar surface area (TPSA) is 98.2 Å². The Bertz CT molecular complexity index is 1080. The molecule has 29 heavy (non-hydrogen) atoms. The fourth-order valence-corrected chi connectivity index (χ4v) is 4.35. The number of aryl methyl sites for hydroxylation is 1. The summed E-state index contributed by atoms with van der Waals surface area (Å²) >= 11 is 0. The summed E-state index contributed by atoms with van der Waals surface area (Å²) in [6.45, 7) is 2.37. The molecule has 8 nitrogen and oxygen atoms in total. The number of rotatable bonds is 4. The number of fused-ring (bicyclic) bond motifs is 2. The van der Waals surface area contributed by atoms with Gasteiger partial charge in [-0.1, -0.05) is 15.5 Å². The molecule has 10 heteroatoms. The van der Waals surface area contributed by atoms with Crippen LogP contribution in [0.15, 0.2) is 27.4 Å². The minimum Gasteiger partial charge on any atom is -0.339 e. The van der Waals surface area contributed by atoms with Crippen LogP contribution < -0.4 is 0 Å². The van der Waals surface area contributed by atoms with E-state index in [1.54, 1.807) is 6.92 Å². The van der Waals surface area contributed by atoms with Gasteiger partial charge in [-0.25, -0.2) is 13.4 Å². The van der Waals surface area contributed by atoms with Crippen molar-refractivity contribution in [2.24, 2.45) is 5.92 Å². The van der Waals surface area contributed by atoms with Gasteiger partial charge >= 0.3 is 0 Å². The molecular formula is C19H17F2N5O3. The Labute approximate surface area is 163 Å². The number of hydrogen-bond acceptors (Lipinski definition) is 7. The summed E-state index contributed by atoms with van der Waals surface area (Å²) in [5.74, 6) is -0.913. The summed E-state index contributed by atoms with van der Waals surface area (Å²) in [6, 6.07) is 3.60. The van der Waals surface area contributed by atoms with E-state index in [-0.39, 0.29) is 36.0 Å². The molecule has 2 aromatic heterocycles. The van der Waals surface area contributed by atoms with E-state index in [4.69, 9.17) is 4.52 Å². The molecule has 1 saturated carbocycles. The first kappa shape index (κ1) is 17.9. The lowest BCUT2D eigenvalue weighted by atomic mass is 9.94. The van der Waals surface area contributed by atoms with Crippen molar-refractivity contribution in [3.63, 3.8) is 0 Å². The van der Waals surface area contributed by atoms with E-state index in [9.17, 15) is 13.6 Å². The zero-order valence-corrected chi connectivity index (χ0v) is 15.5. The van der Waals surface area contributed by atoms with Crippen LogP contribution in [0.25, 0.3) is 11.4 Å². The number of carbonyl (C=O) groups is 1. The Morgan fingerprint density at radius 1 is 1.21 bits per heavy atom. The number of aromatic nitrogens is 4. The summed E-state index contributed by atoms with van der Waals surface area (Å²) < 4.78 is 36.7. The fourth-order valence-electron chi connectivity index (χ4n) is 4.35. The van der Waals surface area contributed by atoms with Gasteiger partial charge < -0.3 is 9.42 Å². The van der Waals surface area contributed by atoms with Gasteiger partial charge in [0.05, 0.1) is 6.42 Å². The number of amides is 1. The van der Waals surface area contributed by atoms with Crippen LogP contribution in [0.5, 0.6) is 0 Å². The molecule has 3 atom stereocenters. The SMILES string of the molecule is Cc1nonc1CC(=O)N1CC2CC1CC2c1nc(-c2ccc(F)c(F)c2)no1. The largest absolute Gasteiger partial charge is 0.339 e. The summed E-state index contributed by atoms with van der Waals surface area (Å²) in [4.78, 5) is 18.9. The minimum absolute atomic E-state index is 0.00255. The Morgan fingerprint density at radius 3 is 2.76 bits per heavy atom. The van der Waals surface area contributed by atoms with Crippen molar-refractivity contribution < 1.29 is 22.7 Å². The first-order valence-electron chi connectivity index (χ1n) is 9.36. The average molecular weight is 401 g/mol. The van der Waals surface area contributed by atoms with Gasteiger partial charge in [-0.15, -0.1) is 0 Å². The number of hydrogen-bond donors (Lipinski definition) is 0. The van der Waals surface area contributed by atoms with Crippen LogP contribution in [-0.4, -0.2) is 43.8 Å². The number of halogens is 2. The molecule has 0 radical (unpaired) electrons. The smallest absolute Gasteiger partial charge is 0.230 e. The van der Waals surface area contributed by atoms with E-state index in [1.165, 1.54) is 6.07 Å². The lowest BCUT2D eigenvalue weighted by molar-refractivity contribution is -0.132. The third kappa shape index (κ3) is 3.08. The number of benzene rings is 1. The van der Waals surface area contributed by atoms with Gasteiger partial charge in [0.2, 0.25) is 17.6 Å². The quantitative estimate of drug-likeness (QED) is 0.663. The van der Waals surface area contributed by atoms with Crippen molar-refractivity contribution in [2.45, 2.75) is 38.1 Å². The molecule has 3 unspecified atom stereocenters. The van der Waals surface area contributed by atoms with E-state index in [0.717, 1.165) is 25.0 Å². The van der Waals surface area contributed by atoms with Gasteiger partial charge in [0.15, 0.2) is 11.6 Å². The van der Waals surface area contributed by atoms with Gasteiger partial charge in [0, 0.05) is 24.1 Å². The van der Waals surface area contributed by atoms with Crippen LogP contribution in [0.1, 0.15) is 36.0 Å². The van der Waals surface area contributed by atoms with Crippen molar-refractivity contribution in [3.05, 3.63) is 47.1 Å². The van der Waals surface area contributed by atoms with Gasteiger partial charge in [-0.2, -0.15) is 4.98 Å². The predicted molar refractivity (Wildman–Crippen MR) is 93.4 cm³/mol. The molecule has 5 rings (SSSR count). The summed E-state index contributed by atoms with van der Waals surface area (Å²) in [5.41, 5.74) is 1.54. The standard InChI is InChI=1S/C19H17F2N5O3/c1-9-16(24-29-23-9)7-17(27)26-8-11-4-12(26)6-13(11)19-22-18(25-28-19)10-2-3-14(20)15(21)5-10/h2-3,5,11-13H,4,6-8H2,1H3. The summed E-state index contributed by atoms with van der Waals surface area (Å²) in [5, 5.41) is 11.4. The zero-order valence-electron chi connectivity index (χ0n) is 15.5. The number of carbonyl (C=O) groups excluding carboxylic acids is 1. The molecule has 0 N–H and O–H groups in total. The average Bonchev–Trinajstić information content (AvgIpc) is 3.48. The maximum absolute atomic E-state index is 13.5. The second kappa shape index (κ2) is 6.71. The predicted octanol–water partition coefficient (Wildman–Crippen LogP) is 2.65. The number of likely N-dealkylation sites (tertiary alicyclic amines) is 1. The Kier molecular flexibility index (Phi) is 4.14. The van der Waals surface area contributed by atoms with E-state index in [2.05, 4.69) is 25.1 Å². The van der Waals surface area contributed by atoms with Gasteiger partial charge in [-0.05, 0) is 43.9 Å². The normalized spacial score (nSPS) is 23.1. The lowest BCUT2D eigenvalue weighted by Gasteiger charge is -2.30. The first-order valence-corrected chi connectivity index (χ1v) is 9.36. The summed E-state index contributed by atoms with van der Waals surface area (Å²) in [7, 11) is 0. The second-order valence-electron chi connectivity index (χ2n) is 7.60. The highest BCUT2D eigenvalue weighted by atomic mass is 19.2. The van der Waals surface area contributed by atoms with Crippen LogP contribution >= 0.6 is 0 Å². The molecule has 1 aliphatic carbocycles. The zero-order chi connectivity index (χ0) is 20.1. The molecule has 1 saturated heterocycles. The monoisotopic (exact) mass is 401 g/mol. The van der Waals surface area contributed by atoms with Crippen molar-refractivity contribution in [1.29, 1.82) is 0 Å². The maximum Gasteiger partial charge on any atom is 0.230 e. The molecule has 150 valence electrons. The molecule has 2 aliphatic rings. The van der Waals surface area contributed by atoms with Crippen molar-refractivity contribution >= 4 is 5.91 Å². The third-order valence-corrected chi connectivity index (χ3v) is 5.86. The van der Waals surface area contributed by atoms with E-state index in [0.29, 0.717) is 29.4 Å². The molecule has 1 amide bonds. The number of piperidine rings is 1. The van der Waals surface area contributed by atoms with Crippen LogP contribution in [0.3, 0.4) is 0 Å². The second-order valence-corrected chi connectivity index (χ2v) is 7.60. The van der Waals surface area contributed by atoms with E-state index < -0.39 is 11.6 Å². The van der Waals surface area contributed by atoms with Crippen molar-refractivity contribution in [2.75, 3.05) is 6.54 Å². The Hall–Kier alpha value is -3.17. The van der Waals surface area contributed by atoms with E-state index in [1.807, 2.05) is 4.90 Å². The summed E-state index contributed by atoms with van der Waals surface area (Å²) in [6.07, 6.45) is 1.77. The first-order chi connectivity index (χ1) is 14.0. The molecule has 1 aromatic carbocycles. The molecule has 3 heterocycles. The fraction of sp³-hybridized carbons (Fsp3) is 0.421. The molecule has 0 spiro atoms. The molecule has 1 aliphatic heterocycles. The highest BCUT2D eigenvalue weighted by molar-refractivity contribution is 5.79.